The molecule has 0 unspecified atom stereocenters. The van der Waals surface area contributed by atoms with Gasteiger partial charge in [-0.2, -0.15) is 0 Å². The van der Waals surface area contributed by atoms with Crippen LogP contribution in [0.2, 0.25) is 0 Å². The van der Waals surface area contributed by atoms with Gasteiger partial charge in [0.15, 0.2) is 0 Å². The number of benzene rings is 1. The third kappa shape index (κ3) is 3.79. The summed E-state index contributed by atoms with van der Waals surface area (Å²) in [5.41, 5.74) is 0.339. The fourth-order valence-corrected chi connectivity index (χ4v) is 3.76. The number of amides is 3. The van der Waals surface area contributed by atoms with Crippen molar-refractivity contribution < 1.29 is 14.3 Å². The van der Waals surface area contributed by atoms with Crippen molar-refractivity contribution in [2.45, 2.75) is 51.8 Å². The molecule has 2 atom stereocenters. The van der Waals surface area contributed by atoms with Crippen LogP contribution >= 0.6 is 0 Å². The predicted octanol–water partition coefficient (Wildman–Crippen LogP) is 2.28. The number of urea groups is 1. The van der Waals surface area contributed by atoms with Gasteiger partial charge < -0.3 is 10.1 Å². The zero-order valence-electron chi connectivity index (χ0n) is 15.2. The third-order valence-electron chi connectivity index (χ3n) is 5.12. The molecule has 0 aliphatic carbocycles. The first-order valence-electron chi connectivity index (χ1n) is 8.99. The minimum absolute atomic E-state index is 0.103. The number of rotatable bonds is 5. The summed E-state index contributed by atoms with van der Waals surface area (Å²) in [6.07, 6.45) is 2.08. The lowest BCUT2D eigenvalue weighted by atomic mass is 9.80. The van der Waals surface area contributed by atoms with Gasteiger partial charge in [0.25, 0.3) is 5.91 Å². The smallest absolute Gasteiger partial charge is 0.322 e. The summed E-state index contributed by atoms with van der Waals surface area (Å²) in [7, 11) is 0. The molecule has 2 aliphatic heterocycles. The number of para-hydroxylation sites is 1. The average molecular weight is 345 g/mol. The van der Waals surface area contributed by atoms with Crippen LogP contribution in [0.25, 0.3) is 0 Å². The Morgan fingerprint density at radius 1 is 1.32 bits per heavy atom. The lowest BCUT2D eigenvalue weighted by Crippen LogP contribution is -2.55. The van der Waals surface area contributed by atoms with Gasteiger partial charge >= 0.3 is 6.03 Å². The molecule has 136 valence electrons. The van der Waals surface area contributed by atoms with Crippen molar-refractivity contribution >= 4 is 11.9 Å². The minimum Gasteiger partial charge on any atom is -0.491 e. The second-order valence-electron chi connectivity index (χ2n) is 7.46. The number of imide groups is 1. The Labute approximate surface area is 148 Å². The van der Waals surface area contributed by atoms with E-state index >= 15 is 0 Å². The van der Waals surface area contributed by atoms with Crippen LogP contribution in [0.1, 0.15) is 39.2 Å². The molecule has 3 rings (SSSR count). The van der Waals surface area contributed by atoms with E-state index in [1.54, 1.807) is 0 Å². The van der Waals surface area contributed by atoms with E-state index in [9.17, 15) is 9.59 Å². The van der Waals surface area contributed by atoms with Crippen molar-refractivity contribution in [2.24, 2.45) is 5.92 Å². The van der Waals surface area contributed by atoms with Crippen LogP contribution in [0, 0.1) is 5.92 Å². The van der Waals surface area contributed by atoms with Crippen LogP contribution in [-0.2, 0) is 11.3 Å². The zero-order chi connectivity index (χ0) is 18.0. The molecule has 25 heavy (non-hydrogen) atoms. The highest BCUT2D eigenvalue weighted by molar-refractivity contribution is 6.06. The number of nitrogens with zero attached hydrogens (tertiary/aromatic N) is 1. The van der Waals surface area contributed by atoms with Crippen LogP contribution in [0.15, 0.2) is 24.3 Å². The van der Waals surface area contributed by atoms with Crippen LogP contribution in [0.5, 0.6) is 5.75 Å². The van der Waals surface area contributed by atoms with E-state index in [0.717, 1.165) is 43.8 Å². The van der Waals surface area contributed by atoms with E-state index in [1.807, 2.05) is 39.0 Å². The van der Waals surface area contributed by atoms with E-state index in [2.05, 4.69) is 21.6 Å². The summed E-state index contributed by atoms with van der Waals surface area (Å²) in [5.74, 6) is 0.802. The molecule has 2 saturated heterocycles. The van der Waals surface area contributed by atoms with E-state index in [-0.39, 0.29) is 24.0 Å². The first-order chi connectivity index (χ1) is 11.9. The number of carbonyl (C=O) groups excluding carboxylic acids is 2. The Kier molecular flexibility index (Phi) is 4.99. The molecular weight excluding hydrogens is 318 g/mol. The Morgan fingerprint density at radius 2 is 2.08 bits per heavy atom. The molecule has 2 fully saturated rings. The third-order valence-corrected chi connectivity index (χ3v) is 5.12. The Morgan fingerprint density at radius 3 is 2.76 bits per heavy atom. The number of piperidine rings is 1. The summed E-state index contributed by atoms with van der Waals surface area (Å²) in [4.78, 5) is 26.1. The van der Waals surface area contributed by atoms with Crippen LogP contribution in [0.3, 0.4) is 0 Å². The van der Waals surface area contributed by atoms with Crippen LogP contribution in [-0.4, -0.2) is 41.6 Å². The molecule has 0 radical (unpaired) electrons. The van der Waals surface area contributed by atoms with Crippen molar-refractivity contribution in [1.29, 1.82) is 0 Å². The lowest BCUT2D eigenvalue weighted by Gasteiger charge is -2.39. The standard InChI is InChI=1S/C19H27N3O3/c1-13(2)25-16-9-5-4-7-14(16)11-22-10-6-8-15(12-22)19(3)17(23)20-18(24)21-19/h4-5,7,9,13,15H,6,8,10-12H2,1-3H3,(H2,20,21,23,24)/t15-,19-/m0/s1. The number of nitrogens with one attached hydrogen (secondary N) is 2. The van der Waals surface area contributed by atoms with Gasteiger partial charge in [0.1, 0.15) is 11.3 Å². The van der Waals surface area contributed by atoms with E-state index in [4.69, 9.17) is 4.74 Å². The molecule has 3 amide bonds. The fourth-order valence-electron chi connectivity index (χ4n) is 3.76. The summed E-state index contributed by atoms with van der Waals surface area (Å²) in [6.45, 7) is 8.42. The molecule has 0 bridgehead atoms. The summed E-state index contributed by atoms with van der Waals surface area (Å²) in [6, 6.07) is 7.71. The maximum Gasteiger partial charge on any atom is 0.322 e. The van der Waals surface area contributed by atoms with Gasteiger partial charge in [-0.3, -0.25) is 15.0 Å². The van der Waals surface area contributed by atoms with Crippen molar-refractivity contribution in [3.05, 3.63) is 29.8 Å². The van der Waals surface area contributed by atoms with Crippen molar-refractivity contribution in [3.8, 4) is 5.75 Å². The quantitative estimate of drug-likeness (QED) is 0.803. The van der Waals surface area contributed by atoms with Gasteiger partial charge in [-0.1, -0.05) is 18.2 Å². The maximum absolute atomic E-state index is 12.2. The highest BCUT2D eigenvalue weighted by Crippen LogP contribution is 2.31. The topological polar surface area (TPSA) is 70.7 Å². The van der Waals surface area contributed by atoms with Gasteiger partial charge in [0, 0.05) is 24.6 Å². The molecule has 1 aromatic rings. The second kappa shape index (κ2) is 7.04. The summed E-state index contributed by atoms with van der Waals surface area (Å²) >= 11 is 0. The SMILES string of the molecule is CC(C)Oc1ccccc1CN1CCC[C@H]([C@]2(C)NC(=O)NC2=O)C1. The first kappa shape index (κ1) is 17.7. The first-order valence-corrected chi connectivity index (χ1v) is 8.99. The molecule has 0 aromatic heterocycles. The molecule has 6 nitrogen and oxygen atoms in total. The van der Waals surface area contributed by atoms with Crippen molar-refractivity contribution in [2.75, 3.05) is 13.1 Å². The number of hydrogen-bond acceptors (Lipinski definition) is 4. The van der Waals surface area contributed by atoms with Gasteiger partial charge in [0.2, 0.25) is 0 Å². The monoisotopic (exact) mass is 345 g/mol. The highest BCUT2D eigenvalue weighted by atomic mass is 16.5. The van der Waals surface area contributed by atoms with Gasteiger partial charge in [0.05, 0.1) is 6.10 Å². The van der Waals surface area contributed by atoms with E-state index in [0.29, 0.717) is 0 Å². The van der Waals surface area contributed by atoms with Crippen molar-refractivity contribution in [3.63, 3.8) is 0 Å². The second-order valence-corrected chi connectivity index (χ2v) is 7.46. The Balaban J connectivity index is 1.71. The van der Waals surface area contributed by atoms with Gasteiger partial charge in [-0.05, 0) is 46.2 Å². The fraction of sp³-hybridized carbons (Fsp3) is 0.579. The van der Waals surface area contributed by atoms with E-state index in [1.165, 1.54) is 0 Å². The maximum atomic E-state index is 12.2. The molecule has 2 heterocycles. The molecule has 0 saturated carbocycles. The van der Waals surface area contributed by atoms with Gasteiger partial charge in [-0.15, -0.1) is 0 Å². The largest absolute Gasteiger partial charge is 0.491 e. The molecule has 2 N–H and O–H groups in total. The summed E-state index contributed by atoms with van der Waals surface area (Å²) < 4.78 is 5.92. The summed E-state index contributed by atoms with van der Waals surface area (Å²) in [5, 5.41) is 5.19. The normalized spacial score (nSPS) is 27.3. The number of carbonyl (C=O) groups is 2. The lowest BCUT2D eigenvalue weighted by molar-refractivity contribution is -0.126. The van der Waals surface area contributed by atoms with Crippen molar-refractivity contribution in [1.82, 2.24) is 15.5 Å². The average Bonchev–Trinajstić information content (AvgIpc) is 2.82. The molecule has 2 aliphatic rings. The number of hydrogen-bond donors (Lipinski definition) is 2. The Hall–Kier alpha value is -2.08. The predicted molar refractivity (Wildman–Crippen MR) is 95.3 cm³/mol. The molecule has 0 spiro atoms. The van der Waals surface area contributed by atoms with Gasteiger partial charge in [-0.25, -0.2) is 4.79 Å². The molecular formula is C19H27N3O3. The number of likely N-dealkylation sites (tertiary alicyclic amines) is 1. The van der Waals surface area contributed by atoms with Crippen LogP contribution in [0.4, 0.5) is 4.79 Å². The Bertz CT molecular complexity index is 661. The highest BCUT2D eigenvalue weighted by Gasteiger charge is 2.48. The van der Waals surface area contributed by atoms with Crippen LogP contribution < -0.4 is 15.4 Å². The zero-order valence-corrected chi connectivity index (χ0v) is 15.2. The molecule has 1 aromatic carbocycles. The number of ether oxygens (including phenoxy) is 1. The molecule has 6 heteroatoms. The minimum atomic E-state index is -0.816. The van der Waals surface area contributed by atoms with E-state index < -0.39 is 5.54 Å².